The molecule has 0 bridgehead atoms. The van der Waals surface area contributed by atoms with Crippen LogP contribution < -0.4 is 20.2 Å². The number of hydrogen-bond acceptors (Lipinski definition) is 8. The summed E-state index contributed by atoms with van der Waals surface area (Å²) >= 11 is 0. The summed E-state index contributed by atoms with van der Waals surface area (Å²) in [5.74, 6) is -0.527. The number of rotatable bonds is 12. The lowest BCUT2D eigenvalue weighted by atomic mass is 9.87. The monoisotopic (exact) mass is 684 g/mol. The molecule has 50 heavy (non-hydrogen) atoms. The molecule has 0 aliphatic carbocycles. The van der Waals surface area contributed by atoms with Crippen LogP contribution in [-0.2, 0) is 16.9 Å². The van der Waals surface area contributed by atoms with E-state index in [1.807, 2.05) is 24.3 Å². The smallest absolute Gasteiger partial charge is 0.350 e. The fraction of sp³-hybridized carbons (Fsp3) is 0.405. The standard InChI is InChI=1S/C37H42F2N8O3/c1-3-29(4-2)47-36(48)46(26-42-47)32-8-6-30(7-9-32)43-15-17-44(18-16-43)31-10-12-33(13-11-31)49-21-27-20-37(50-22-27,23-45-25-40-24-41-45)34-14-5-28(38)19-35(34)39/h5-14,19,24-27,29H,3-4,15-18,20-23H2,1-2H3. The first kappa shape index (κ1) is 33.5. The number of halogens is 2. The van der Waals surface area contributed by atoms with Gasteiger partial charge in [0, 0.05) is 55.1 Å². The largest absolute Gasteiger partial charge is 0.493 e. The van der Waals surface area contributed by atoms with E-state index in [1.165, 1.54) is 18.5 Å². The predicted octanol–water partition coefficient (Wildman–Crippen LogP) is 5.60. The molecule has 7 rings (SSSR count). The van der Waals surface area contributed by atoms with Gasteiger partial charge in [-0.05, 0) is 73.9 Å². The van der Waals surface area contributed by atoms with E-state index in [0.717, 1.165) is 67.9 Å². The Kier molecular flexibility index (Phi) is 9.66. The minimum absolute atomic E-state index is 0.00191. The van der Waals surface area contributed by atoms with E-state index < -0.39 is 17.2 Å². The number of benzene rings is 3. The summed E-state index contributed by atoms with van der Waals surface area (Å²) in [6, 6.07) is 19.9. The van der Waals surface area contributed by atoms with Gasteiger partial charge in [-0.1, -0.05) is 19.9 Å². The van der Waals surface area contributed by atoms with Crippen molar-refractivity contribution in [3.63, 3.8) is 0 Å². The molecule has 2 saturated heterocycles. The lowest BCUT2D eigenvalue weighted by Gasteiger charge is -2.37. The van der Waals surface area contributed by atoms with Crippen molar-refractivity contribution in [2.75, 3.05) is 49.2 Å². The molecule has 0 N–H and O–H groups in total. The van der Waals surface area contributed by atoms with Crippen LogP contribution in [-0.4, -0.2) is 68.5 Å². The first-order valence-corrected chi connectivity index (χ1v) is 17.3. The third-order valence-corrected chi connectivity index (χ3v) is 9.96. The number of aromatic nitrogens is 6. The molecule has 4 heterocycles. The van der Waals surface area contributed by atoms with E-state index in [4.69, 9.17) is 9.47 Å². The zero-order valence-corrected chi connectivity index (χ0v) is 28.4. The van der Waals surface area contributed by atoms with Gasteiger partial charge in [-0.15, -0.1) is 0 Å². The summed E-state index contributed by atoms with van der Waals surface area (Å²) in [6.45, 7) is 8.66. The lowest BCUT2D eigenvalue weighted by Crippen LogP contribution is -2.46. The molecule has 0 amide bonds. The lowest BCUT2D eigenvalue weighted by molar-refractivity contribution is -0.0206. The SMILES string of the molecule is CCC(CC)n1ncn(-c2ccc(N3CCN(c4ccc(OCC5COC(Cn6cncn6)(c6ccc(F)cc6F)C5)cc4)CC3)cc2)c1=O. The minimum atomic E-state index is -1.01. The number of nitrogens with zero attached hydrogens (tertiary/aromatic N) is 8. The zero-order valence-electron chi connectivity index (χ0n) is 28.4. The van der Waals surface area contributed by atoms with Crippen molar-refractivity contribution in [2.45, 2.75) is 51.3 Å². The summed E-state index contributed by atoms with van der Waals surface area (Å²) in [5, 5.41) is 8.55. The van der Waals surface area contributed by atoms with Gasteiger partial charge in [-0.25, -0.2) is 32.5 Å². The Hall–Kier alpha value is -5.04. The van der Waals surface area contributed by atoms with Crippen LogP contribution in [0.25, 0.3) is 5.69 Å². The molecular weight excluding hydrogens is 642 g/mol. The Morgan fingerprint density at radius 1 is 0.880 bits per heavy atom. The van der Waals surface area contributed by atoms with Gasteiger partial charge < -0.3 is 19.3 Å². The number of ether oxygens (including phenoxy) is 2. The average Bonchev–Trinajstić information content (AvgIpc) is 3.90. The zero-order chi connectivity index (χ0) is 34.7. The molecule has 13 heteroatoms. The molecule has 2 aliphatic heterocycles. The third kappa shape index (κ3) is 6.87. The summed E-state index contributed by atoms with van der Waals surface area (Å²) < 4.78 is 45.9. The molecule has 0 radical (unpaired) electrons. The van der Waals surface area contributed by atoms with Gasteiger partial charge >= 0.3 is 5.69 Å². The first-order valence-electron chi connectivity index (χ1n) is 17.3. The molecule has 11 nitrogen and oxygen atoms in total. The van der Waals surface area contributed by atoms with Crippen molar-refractivity contribution < 1.29 is 18.3 Å². The molecule has 5 aromatic rings. The number of hydrogen-bond donors (Lipinski definition) is 0. The van der Waals surface area contributed by atoms with Crippen LogP contribution in [0.4, 0.5) is 20.2 Å². The van der Waals surface area contributed by atoms with Gasteiger partial charge in [0.1, 0.15) is 42.0 Å². The van der Waals surface area contributed by atoms with Crippen molar-refractivity contribution in [2.24, 2.45) is 5.92 Å². The van der Waals surface area contributed by atoms with Crippen molar-refractivity contribution in [1.82, 2.24) is 29.1 Å². The summed E-state index contributed by atoms with van der Waals surface area (Å²) in [4.78, 5) is 21.7. The Morgan fingerprint density at radius 3 is 2.16 bits per heavy atom. The van der Waals surface area contributed by atoms with Crippen LogP contribution in [0, 0.1) is 17.6 Å². The highest BCUT2D eigenvalue weighted by Gasteiger charge is 2.44. The average molecular weight is 685 g/mol. The van der Waals surface area contributed by atoms with E-state index >= 15 is 0 Å². The Bertz CT molecular complexity index is 1920. The fourth-order valence-electron chi connectivity index (χ4n) is 7.18. The highest BCUT2D eigenvalue weighted by molar-refractivity contribution is 5.54. The van der Waals surface area contributed by atoms with Crippen LogP contribution in [0.2, 0.25) is 0 Å². The van der Waals surface area contributed by atoms with E-state index in [-0.39, 0.29) is 24.2 Å². The molecule has 262 valence electrons. The van der Waals surface area contributed by atoms with Gasteiger partial charge in [0.15, 0.2) is 0 Å². The van der Waals surface area contributed by atoms with Gasteiger partial charge in [0.05, 0.1) is 31.5 Å². The van der Waals surface area contributed by atoms with Gasteiger partial charge in [0.25, 0.3) is 0 Å². The Labute approximate surface area is 289 Å². The van der Waals surface area contributed by atoms with Crippen LogP contribution in [0.1, 0.15) is 44.7 Å². The number of piperazine rings is 1. The molecule has 2 atom stereocenters. The first-order chi connectivity index (χ1) is 24.4. The van der Waals surface area contributed by atoms with Crippen molar-refractivity contribution in [3.8, 4) is 11.4 Å². The second kappa shape index (κ2) is 14.4. The second-order valence-corrected chi connectivity index (χ2v) is 13.1. The van der Waals surface area contributed by atoms with E-state index in [1.54, 1.807) is 26.6 Å². The molecule has 3 aromatic carbocycles. The molecule has 0 saturated carbocycles. The Balaban J connectivity index is 0.924. The summed E-state index contributed by atoms with van der Waals surface area (Å²) in [6.07, 6.45) is 6.81. The van der Waals surface area contributed by atoms with Crippen LogP contribution >= 0.6 is 0 Å². The van der Waals surface area contributed by atoms with Gasteiger partial charge in [-0.3, -0.25) is 0 Å². The Morgan fingerprint density at radius 2 is 1.54 bits per heavy atom. The topological polar surface area (TPSA) is 95.5 Å². The van der Waals surface area contributed by atoms with E-state index in [9.17, 15) is 13.6 Å². The van der Waals surface area contributed by atoms with Crippen LogP contribution in [0.15, 0.2) is 90.5 Å². The predicted molar refractivity (Wildman–Crippen MR) is 186 cm³/mol. The fourth-order valence-corrected chi connectivity index (χ4v) is 7.18. The highest BCUT2D eigenvalue weighted by Crippen LogP contribution is 2.42. The summed E-state index contributed by atoms with van der Waals surface area (Å²) in [7, 11) is 0. The maximum Gasteiger partial charge on any atom is 0.350 e. The normalized spacial score (nSPS) is 19.4. The summed E-state index contributed by atoms with van der Waals surface area (Å²) in [5.41, 5.74) is 2.25. The molecule has 2 aliphatic rings. The molecule has 2 fully saturated rings. The maximum atomic E-state index is 15.0. The van der Waals surface area contributed by atoms with Gasteiger partial charge in [0.2, 0.25) is 0 Å². The molecule has 2 aromatic heterocycles. The molecular formula is C37H42F2N8O3. The minimum Gasteiger partial charge on any atom is -0.493 e. The maximum absolute atomic E-state index is 15.0. The molecule has 0 spiro atoms. The van der Waals surface area contributed by atoms with Crippen molar-refractivity contribution >= 4 is 11.4 Å². The van der Waals surface area contributed by atoms with E-state index in [0.29, 0.717) is 25.2 Å². The van der Waals surface area contributed by atoms with Crippen molar-refractivity contribution in [3.05, 3.63) is 113 Å². The van der Waals surface area contributed by atoms with Crippen LogP contribution in [0.5, 0.6) is 5.75 Å². The highest BCUT2D eigenvalue weighted by atomic mass is 19.1. The van der Waals surface area contributed by atoms with Gasteiger partial charge in [-0.2, -0.15) is 10.2 Å². The second-order valence-electron chi connectivity index (χ2n) is 13.1. The van der Waals surface area contributed by atoms with E-state index in [2.05, 4.69) is 63.1 Å². The van der Waals surface area contributed by atoms with Crippen LogP contribution in [0.3, 0.4) is 0 Å². The van der Waals surface area contributed by atoms with Crippen molar-refractivity contribution in [1.29, 1.82) is 0 Å². The third-order valence-electron chi connectivity index (χ3n) is 9.96. The molecule has 2 unspecified atom stereocenters. The quantitative estimate of drug-likeness (QED) is 0.168. The number of anilines is 2.